The van der Waals surface area contributed by atoms with Crippen molar-refractivity contribution < 1.29 is 17.6 Å². The minimum Gasteiger partial charge on any atom is -0.384 e. The topological polar surface area (TPSA) is 51.8 Å². The normalized spacial score (nSPS) is 11.6. The maximum Gasteiger partial charge on any atom is 0.419 e. The minimum atomic E-state index is -4.76. The van der Waals surface area contributed by atoms with Crippen LogP contribution < -0.4 is 5.73 Å². The third-order valence-electron chi connectivity index (χ3n) is 2.43. The number of alkyl halides is 3. The van der Waals surface area contributed by atoms with Crippen LogP contribution in [0.2, 0.25) is 0 Å². The fraction of sp³-hybridized carbons (Fsp3) is 0.167. The van der Waals surface area contributed by atoms with Gasteiger partial charge in [0.25, 0.3) is 0 Å². The molecule has 0 fully saturated rings. The molecule has 2 rings (SSSR count). The zero-order valence-electron chi connectivity index (χ0n) is 9.79. The molecule has 1 heterocycles. The Hall–Kier alpha value is -2.18. The van der Waals surface area contributed by atoms with Gasteiger partial charge in [0, 0.05) is 11.6 Å². The Kier molecular flexibility index (Phi) is 3.13. The summed E-state index contributed by atoms with van der Waals surface area (Å²) in [6.07, 6.45) is -4.76. The number of hydrogen-bond acceptors (Lipinski definition) is 3. The third-order valence-corrected chi connectivity index (χ3v) is 2.43. The molecule has 19 heavy (non-hydrogen) atoms. The van der Waals surface area contributed by atoms with E-state index in [2.05, 4.69) is 9.97 Å². The van der Waals surface area contributed by atoms with E-state index in [0.29, 0.717) is 11.9 Å². The molecule has 0 aliphatic heterocycles. The summed E-state index contributed by atoms with van der Waals surface area (Å²) in [5.74, 6) is -0.858. The number of aryl methyl sites for hydroxylation is 1. The van der Waals surface area contributed by atoms with Crippen molar-refractivity contribution >= 4 is 5.82 Å². The molecule has 0 spiro atoms. The summed E-state index contributed by atoms with van der Waals surface area (Å²) in [6, 6.07) is 4.01. The van der Waals surface area contributed by atoms with Gasteiger partial charge in [-0.3, -0.25) is 0 Å². The number of rotatable bonds is 1. The van der Waals surface area contributed by atoms with E-state index in [1.54, 1.807) is 6.92 Å². The van der Waals surface area contributed by atoms with Crippen LogP contribution in [0.25, 0.3) is 11.3 Å². The standard InChI is InChI=1S/C12H9F4N3/c1-6-18-10(5-11(17)19-6)7-2-3-9(13)8(4-7)12(14,15)16/h2-5H,1H3,(H2,17,18,19). The minimum absolute atomic E-state index is 0.130. The quantitative estimate of drug-likeness (QED) is 0.810. The summed E-state index contributed by atoms with van der Waals surface area (Å²) in [4.78, 5) is 7.80. The van der Waals surface area contributed by atoms with E-state index in [1.165, 1.54) is 12.1 Å². The van der Waals surface area contributed by atoms with Gasteiger partial charge in [0.2, 0.25) is 0 Å². The van der Waals surface area contributed by atoms with Crippen molar-refractivity contribution in [3.8, 4) is 11.3 Å². The van der Waals surface area contributed by atoms with E-state index in [1.807, 2.05) is 0 Å². The first-order valence-corrected chi connectivity index (χ1v) is 5.25. The van der Waals surface area contributed by atoms with Gasteiger partial charge in [0.05, 0.1) is 11.3 Å². The monoisotopic (exact) mass is 271 g/mol. The Morgan fingerprint density at radius 1 is 1.11 bits per heavy atom. The summed E-state index contributed by atoms with van der Waals surface area (Å²) in [5, 5.41) is 0. The third kappa shape index (κ3) is 2.81. The molecule has 1 aromatic heterocycles. The molecule has 0 aliphatic carbocycles. The number of nitrogens with two attached hydrogens (primary N) is 1. The summed E-state index contributed by atoms with van der Waals surface area (Å²) in [6.45, 7) is 1.56. The molecule has 0 saturated carbocycles. The van der Waals surface area contributed by atoms with Crippen molar-refractivity contribution in [3.05, 3.63) is 41.5 Å². The van der Waals surface area contributed by atoms with Crippen LogP contribution in [0.3, 0.4) is 0 Å². The lowest BCUT2D eigenvalue weighted by molar-refractivity contribution is -0.139. The molecule has 100 valence electrons. The molecule has 0 atom stereocenters. The van der Waals surface area contributed by atoms with E-state index in [9.17, 15) is 17.6 Å². The van der Waals surface area contributed by atoms with Crippen LogP contribution in [0.15, 0.2) is 24.3 Å². The first-order chi connectivity index (χ1) is 8.77. The predicted octanol–water partition coefficient (Wildman–Crippen LogP) is 3.19. The zero-order chi connectivity index (χ0) is 14.2. The van der Waals surface area contributed by atoms with Gasteiger partial charge in [-0.05, 0) is 25.1 Å². The van der Waals surface area contributed by atoms with Crippen LogP contribution >= 0.6 is 0 Å². The summed E-state index contributed by atoms with van der Waals surface area (Å²) >= 11 is 0. The highest BCUT2D eigenvalue weighted by molar-refractivity contribution is 5.63. The number of halogens is 4. The highest BCUT2D eigenvalue weighted by atomic mass is 19.4. The Labute approximate surface area is 106 Å². The van der Waals surface area contributed by atoms with Crippen LogP contribution in [0.5, 0.6) is 0 Å². The van der Waals surface area contributed by atoms with Crippen molar-refractivity contribution in [1.82, 2.24) is 9.97 Å². The van der Waals surface area contributed by atoms with Crippen molar-refractivity contribution in [3.63, 3.8) is 0 Å². The van der Waals surface area contributed by atoms with Crippen molar-refractivity contribution in [2.24, 2.45) is 0 Å². The Morgan fingerprint density at radius 2 is 1.79 bits per heavy atom. The molecule has 0 aliphatic rings. The second kappa shape index (κ2) is 4.49. The Balaban J connectivity index is 2.58. The summed E-state index contributed by atoms with van der Waals surface area (Å²) < 4.78 is 51.0. The van der Waals surface area contributed by atoms with E-state index in [4.69, 9.17) is 5.73 Å². The number of anilines is 1. The van der Waals surface area contributed by atoms with E-state index < -0.39 is 17.6 Å². The largest absolute Gasteiger partial charge is 0.419 e. The van der Waals surface area contributed by atoms with E-state index >= 15 is 0 Å². The Bertz CT molecular complexity index is 603. The lowest BCUT2D eigenvalue weighted by atomic mass is 10.1. The van der Waals surface area contributed by atoms with E-state index in [0.717, 1.165) is 6.07 Å². The molecule has 7 heteroatoms. The number of nitrogen functional groups attached to an aromatic ring is 1. The maximum atomic E-state index is 13.2. The van der Waals surface area contributed by atoms with Crippen molar-refractivity contribution in [2.45, 2.75) is 13.1 Å². The fourth-order valence-electron chi connectivity index (χ4n) is 1.64. The Morgan fingerprint density at radius 3 is 2.37 bits per heavy atom. The molecule has 0 unspecified atom stereocenters. The molecular formula is C12H9F4N3. The molecule has 0 saturated heterocycles. The average Bonchev–Trinajstić information content (AvgIpc) is 2.26. The van der Waals surface area contributed by atoms with Gasteiger partial charge in [-0.15, -0.1) is 0 Å². The molecule has 0 bridgehead atoms. The average molecular weight is 271 g/mol. The first kappa shape index (κ1) is 13.3. The highest BCUT2D eigenvalue weighted by Gasteiger charge is 2.34. The van der Waals surface area contributed by atoms with Crippen molar-refractivity contribution in [1.29, 1.82) is 0 Å². The van der Waals surface area contributed by atoms with Crippen LogP contribution in [0, 0.1) is 12.7 Å². The molecule has 2 aromatic rings. The second-order valence-electron chi connectivity index (χ2n) is 3.92. The zero-order valence-corrected chi connectivity index (χ0v) is 9.79. The fourth-order valence-corrected chi connectivity index (χ4v) is 1.64. The molecule has 1 aromatic carbocycles. The second-order valence-corrected chi connectivity index (χ2v) is 3.92. The van der Waals surface area contributed by atoms with Crippen molar-refractivity contribution in [2.75, 3.05) is 5.73 Å². The SMILES string of the molecule is Cc1nc(N)cc(-c2ccc(F)c(C(F)(F)F)c2)n1. The van der Waals surface area contributed by atoms with Crippen LogP contribution in [0.4, 0.5) is 23.4 Å². The maximum absolute atomic E-state index is 13.2. The molecule has 3 nitrogen and oxygen atoms in total. The molecular weight excluding hydrogens is 262 g/mol. The molecule has 0 radical (unpaired) electrons. The summed E-state index contributed by atoms with van der Waals surface area (Å²) in [5.41, 5.74) is 4.52. The van der Waals surface area contributed by atoms with Gasteiger partial charge in [0.1, 0.15) is 17.5 Å². The molecule has 2 N–H and O–H groups in total. The van der Waals surface area contributed by atoms with Crippen LogP contribution in [-0.2, 0) is 6.18 Å². The number of benzene rings is 1. The number of nitrogens with zero attached hydrogens (tertiary/aromatic N) is 2. The first-order valence-electron chi connectivity index (χ1n) is 5.25. The van der Waals surface area contributed by atoms with Gasteiger partial charge in [0.15, 0.2) is 0 Å². The highest BCUT2D eigenvalue weighted by Crippen LogP contribution is 2.34. The lowest BCUT2D eigenvalue weighted by Crippen LogP contribution is -2.08. The van der Waals surface area contributed by atoms with Gasteiger partial charge in [-0.2, -0.15) is 13.2 Å². The lowest BCUT2D eigenvalue weighted by Gasteiger charge is -2.10. The van der Waals surface area contributed by atoms with Gasteiger partial charge in [-0.25, -0.2) is 14.4 Å². The molecule has 0 amide bonds. The summed E-state index contributed by atoms with van der Waals surface area (Å²) in [7, 11) is 0. The van der Waals surface area contributed by atoms with Crippen LogP contribution in [0.1, 0.15) is 11.4 Å². The number of aromatic nitrogens is 2. The van der Waals surface area contributed by atoms with Crippen LogP contribution in [-0.4, -0.2) is 9.97 Å². The van der Waals surface area contributed by atoms with Gasteiger partial charge < -0.3 is 5.73 Å². The van der Waals surface area contributed by atoms with Gasteiger partial charge in [-0.1, -0.05) is 0 Å². The van der Waals surface area contributed by atoms with E-state index in [-0.39, 0.29) is 17.1 Å². The number of hydrogen-bond donors (Lipinski definition) is 1. The van der Waals surface area contributed by atoms with Gasteiger partial charge >= 0.3 is 6.18 Å². The smallest absolute Gasteiger partial charge is 0.384 e. The predicted molar refractivity (Wildman–Crippen MR) is 61.6 cm³/mol.